The van der Waals surface area contributed by atoms with E-state index >= 15 is 0 Å². The number of fused-ring (bicyclic) bond motifs is 3. The van der Waals surface area contributed by atoms with Crippen molar-refractivity contribution in [2.45, 2.75) is 25.8 Å². The number of H-pyrrole nitrogens is 1. The van der Waals surface area contributed by atoms with Gasteiger partial charge in [0.1, 0.15) is 5.75 Å². The molecule has 3 aromatic rings. The first-order valence-corrected chi connectivity index (χ1v) is 9.01. The second-order valence-corrected chi connectivity index (χ2v) is 6.99. The number of nitrogens with two attached hydrogens (primary N) is 1. The van der Waals surface area contributed by atoms with Gasteiger partial charge in [-0.2, -0.15) is 0 Å². The molecule has 1 aliphatic heterocycles. The molecule has 2 heterocycles. The number of aromatic amines is 1. The number of phenolic OH excluding ortho intramolecular Hbond substituents is 1. The second-order valence-electron chi connectivity index (χ2n) is 6.99. The van der Waals surface area contributed by atoms with Crippen molar-refractivity contribution in [1.29, 1.82) is 0 Å². The van der Waals surface area contributed by atoms with E-state index in [9.17, 15) is 5.11 Å². The van der Waals surface area contributed by atoms with Gasteiger partial charge in [-0.05, 0) is 61.7 Å². The summed E-state index contributed by atoms with van der Waals surface area (Å²) in [5.74, 6) is 0.315. The lowest BCUT2D eigenvalue weighted by molar-refractivity contribution is 0.209. The predicted molar refractivity (Wildman–Crippen MR) is 102 cm³/mol. The first-order valence-electron chi connectivity index (χ1n) is 9.01. The molecule has 4 rings (SSSR count). The maximum Gasteiger partial charge on any atom is 0.115 e. The van der Waals surface area contributed by atoms with Crippen LogP contribution in [0.5, 0.6) is 5.75 Å². The van der Waals surface area contributed by atoms with Gasteiger partial charge in [0.15, 0.2) is 0 Å². The predicted octanol–water partition coefficient (Wildman–Crippen LogP) is 3.48. The van der Waals surface area contributed by atoms with Gasteiger partial charge in [-0.15, -0.1) is 0 Å². The minimum Gasteiger partial charge on any atom is -0.508 e. The summed E-state index contributed by atoms with van der Waals surface area (Å²) in [4.78, 5) is 6.14. The minimum atomic E-state index is 0.134. The van der Waals surface area contributed by atoms with Crippen LogP contribution in [0.1, 0.15) is 34.8 Å². The van der Waals surface area contributed by atoms with E-state index < -0.39 is 0 Å². The number of aromatic nitrogens is 1. The average molecular weight is 335 g/mol. The molecule has 1 unspecified atom stereocenters. The van der Waals surface area contributed by atoms with E-state index in [-0.39, 0.29) is 6.04 Å². The zero-order chi connectivity index (χ0) is 17.4. The molecule has 0 saturated carbocycles. The third-order valence-corrected chi connectivity index (χ3v) is 5.22. The van der Waals surface area contributed by atoms with Crippen LogP contribution in [0.2, 0.25) is 0 Å². The number of hydrogen-bond acceptors (Lipinski definition) is 3. The lowest BCUT2D eigenvalue weighted by Crippen LogP contribution is -2.37. The first-order chi connectivity index (χ1) is 12.2. The van der Waals surface area contributed by atoms with Gasteiger partial charge in [-0.25, -0.2) is 0 Å². The Kier molecular flexibility index (Phi) is 4.24. The Balaban J connectivity index is 1.85. The summed E-state index contributed by atoms with van der Waals surface area (Å²) in [6.45, 7) is 4.81. The third-order valence-electron chi connectivity index (χ3n) is 5.22. The molecule has 0 saturated heterocycles. The maximum atomic E-state index is 9.98. The highest BCUT2D eigenvalue weighted by Gasteiger charge is 2.31. The fourth-order valence-corrected chi connectivity index (χ4v) is 4.06. The summed E-state index contributed by atoms with van der Waals surface area (Å²) in [5.41, 5.74) is 12.0. The van der Waals surface area contributed by atoms with E-state index in [0.717, 1.165) is 31.5 Å². The molecule has 2 aromatic carbocycles. The number of aromatic hydroxyl groups is 1. The number of aryl methyl sites for hydroxylation is 1. The van der Waals surface area contributed by atoms with Crippen molar-refractivity contribution in [1.82, 2.24) is 9.88 Å². The van der Waals surface area contributed by atoms with Crippen molar-refractivity contribution in [2.75, 3.05) is 19.6 Å². The quantitative estimate of drug-likeness (QED) is 0.684. The van der Waals surface area contributed by atoms with E-state index in [1.807, 2.05) is 12.1 Å². The fraction of sp³-hybridized carbons (Fsp3) is 0.333. The summed E-state index contributed by atoms with van der Waals surface area (Å²) in [5, 5.41) is 11.3. The summed E-state index contributed by atoms with van der Waals surface area (Å²) < 4.78 is 0. The van der Waals surface area contributed by atoms with Crippen molar-refractivity contribution in [2.24, 2.45) is 5.73 Å². The lowest BCUT2D eigenvalue weighted by Gasteiger charge is -2.36. The summed E-state index contributed by atoms with van der Waals surface area (Å²) in [6, 6.07) is 14.4. The zero-order valence-corrected chi connectivity index (χ0v) is 14.6. The van der Waals surface area contributed by atoms with Crippen LogP contribution >= 0.6 is 0 Å². The van der Waals surface area contributed by atoms with Crippen LogP contribution in [0.15, 0.2) is 42.5 Å². The highest BCUT2D eigenvalue weighted by Crippen LogP contribution is 2.39. The molecule has 0 bridgehead atoms. The van der Waals surface area contributed by atoms with Crippen LogP contribution in [-0.4, -0.2) is 34.6 Å². The summed E-state index contributed by atoms with van der Waals surface area (Å²) in [7, 11) is 0. The van der Waals surface area contributed by atoms with Gasteiger partial charge in [0.25, 0.3) is 0 Å². The molecular formula is C21H25N3O. The standard InChI is InChI=1S/C21H25N3O/c1-14-6-7-19-18(12-14)17-8-11-24(10-3-9-22)21(20(17)23-19)15-4-2-5-16(25)13-15/h2,4-7,12-13,21,23,25H,3,8-11,22H2,1H3. The Hall–Kier alpha value is -2.30. The Labute approximate surface area is 148 Å². The minimum absolute atomic E-state index is 0.134. The van der Waals surface area contributed by atoms with E-state index in [1.165, 1.54) is 27.7 Å². The molecule has 1 aromatic heterocycles. The van der Waals surface area contributed by atoms with E-state index in [0.29, 0.717) is 12.3 Å². The molecule has 0 fully saturated rings. The van der Waals surface area contributed by atoms with Gasteiger partial charge in [-0.3, -0.25) is 4.90 Å². The van der Waals surface area contributed by atoms with Crippen LogP contribution < -0.4 is 5.73 Å². The number of benzene rings is 2. The van der Waals surface area contributed by atoms with E-state index in [1.54, 1.807) is 6.07 Å². The average Bonchev–Trinajstić information content (AvgIpc) is 2.97. The molecule has 25 heavy (non-hydrogen) atoms. The van der Waals surface area contributed by atoms with Gasteiger partial charge in [0.05, 0.1) is 6.04 Å². The Morgan fingerprint density at radius 3 is 2.92 bits per heavy atom. The lowest BCUT2D eigenvalue weighted by atomic mass is 9.92. The van der Waals surface area contributed by atoms with Crippen LogP contribution in [0.25, 0.3) is 10.9 Å². The number of rotatable bonds is 4. The SMILES string of the molecule is Cc1ccc2[nH]c3c(c2c1)CCN(CCCN)C3c1cccc(O)c1. The number of phenols is 1. The third kappa shape index (κ3) is 2.92. The number of nitrogens with zero attached hydrogens (tertiary/aromatic N) is 1. The Bertz CT molecular complexity index is 899. The number of nitrogens with one attached hydrogen (secondary N) is 1. The van der Waals surface area contributed by atoms with Gasteiger partial charge < -0.3 is 15.8 Å². The van der Waals surface area contributed by atoms with Gasteiger partial charge >= 0.3 is 0 Å². The van der Waals surface area contributed by atoms with Crippen molar-refractivity contribution in [3.05, 3.63) is 64.8 Å². The zero-order valence-electron chi connectivity index (χ0n) is 14.6. The van der Waals surface area contributed by atoms with Crippen LogP contribution in [-0.2, 0) is 6.42 Å². The normalized spacial score (nSPS) is 17.8. The monoisotopic (exact) mass is 335 g/mol. The molecular weight excluding hydrogens is 310 g/mol. The topological polar surface area (TPSA) is 65.3 Å². The second kappa shape index (κ2) is 6.54. The fourth-order valence-electron chi connectivity index (χ4n) is 4.06. The highest BCUT2D eigenvalue weighted by atomic mass is 16.3. The maximum absolute atomic E-state index is 9.98. The van der Waals surface area contributed by atoms with Crippen LogP contribution in [0, 0.1) is 6.92 Å². The van der Waals surface area contributed by atoms with Crippen molar-refractivity contribution < 1.29 is 5.11 Å². The smallest absolute Gasteiger partial charge is 0.115 e. The molecule has 4 nitrogen and oxygen atoms in total. The van der Waals surface area contributed by atoms with Gasteiger partial charge in [-0.1, -0.05) is 23.8 Å². The van der Waals surface area contributed by atoms with Crippen molar-refractivity contribution >= 4 is 10.9 Å². The first kappa shape index (κ1) is 16.2. The van der Waals surface area contributed by atoms with Crippen LogP contribution in [0.3, 0.4) is 0 Å². The summed E-state index contributed by atoms with van der Waals surface area (Å²) in [6.07, 6.45) is 2.02. The molecule has 1 atom stereocenters. The van der Waals surface area contributed by atoms with Gasteiger partial charge in [0.2, 0.25) is 0 Å². The molecule has 4 N–H and O–H groups in total. The number of hydrogen-bond donors (Lipinski definition) is 3. The molecule has 0 spiro atoms. The van der Waals surface area contributed by atoms with E-state index in [4.69, 9.17) is 5.73 Å². The van der Waals surface area contributed by atoms with Crippen molar-refractivity contribution in [3.8, 4) is 5.75 Å². The summed E-state index contributed by atoms with van der Waals surface area (Å²) >= 11 is 0. The largest absolute Gasteiger partial charge is 0.508 e. The van der Waals surface area contributed by atoms with Crippen LogP contribution in [0.4, 0.5) is 0 Å². The Morgan fingerprint density at radius 2 is 2.12 bits per heavy atom. The molecule has 1 aliphatic rings. The van der Waals surface area contributed by atoms with E-state index in [2.05, 4.69) is 41.1 Å². The molecule has 4 heteroatoms. The highest BCUT2D eigenvalue weighted by molar-refractivity contribution is 5.86. The van der Waals surface area contributed by atoms with Crippen molar-refractivity contribution in [3.63, 3.8) is 0 Å². The molecule has 0 aliphatic carbocycles. The Morgan fingerprint density at radius 1 is 1.24 bits per heavy atom. The molecule has 130 valence electrons. The van der Waals surface area contributed by atoms with Gasteiger partial charge in [0, 0.05) is 29.7 Å². The molecule has 0 amide bonds. The molecule has 0 radical (unpaired) electrons.